The third kappa shape index (κ3) is 2.64. The highest BCUT2D eigenvalue weighted by Crippen LogP contribution is 2.28. The third-order valence-corrected chi connectivity index (χ3v) is 4.97. The first-order valence-electron chi connectivity index (χ1n) is 8.12. The van der Waals surface area contributed by atoms with Gasteiger partial charge in [-0.05, 0) is 38.1 Å². The van der Waals surface area contributed by atoms with Crippen LogP contribution in [0.5, 0.6) is 0 Å². The third-order valence-electron chi connectivity index (χ3n) is 4.65. The minimum absolute atomic E-state index is 0.0284. The molecule has 0 radical (unpaired) electrons. The molecule has 1 aromatic carbocycles. The normalized spacial score (nSPS) is 16.4. The van der Waals surface area contributed by atoms with Gasteiger partial charge in [-0.15, -0.1) is 0 Å². The molecular weight excluding hydrogens is 312 g/mol. The number of H-pyrrole nitrogens is 1. The molecule has 4 rings (SSSR count). The molecule has 0 atom stereocenters. The van der Waals surface area contributed by atoms with Crippen molar-refractivity contribution in [1.82, 2.24) is 19.4 Å². The molecule has 1 N–H and O–H groups in total. The van der Waals surface area contributed by atoms with E-state index in [1.165, 1.54) is 19.3 Å². The van der Waals surface area contributed by atoms with Gasteiger partial charge in [0.15, 0.2) is 0 Å². The van der Waals surface area contributed by atoms with E-state index in [0.717, 1.165) is 30.5 Å². The molecule has 0 amide bonds. The number of nitrogens with one attached hydrogen (secondary N) is 1. The Balaban J connectivity index is 1.69. The Kier molecular flexibility index (Phi) is 3.83. The number of aromatic nitrogens is 3. The Morgan fingerprint density at radius 1 is 1.17 bits per heavy atom. The van der Waals surface area contributed by atoms with Gasteiger partial charge in [0, 0.05) is 24.0 Å². The number of halogens is 1. The fraction of sp³-hybridized carbons (Fsp3) is 0.412. The number of nitrogens with zero attached hydrogens (tertiary/aromatic N) is 3. The predicted molar refractivity (Wildman–Crippen MR) is 93.2 cm³/mol. The fourth-order valence-electron chi connectivity index (χ4n) is 3.39. The first-order valence-corrected chi connectivity index (χ1v) is 8.49. The van der Waals surface area contributed by atoms with E-state index in [2.05, 4.69) is 14.9 Å². The number of piperidine rings is 1. The Morgan fingerprint density at radius 3 is 2.83 bits per heavy atom. The van der Waals surface area contributed by atoms with E-state index in [4.69, 9.17) is 11.6 Å². The topological polar surface area (TPSA) is 53.9 Å². The van der Waals surface area contributed by atoms with E-state index in [-0.39, 0.29) is 5.56 Å². The molecular formula is C17H19ClN4O. The number of aromatic amines is 1. The smallest absolute Gasteiger partial charge is 0.277 e. The summed E-state index contributed by atoms with van der Waals surface area (Å²) in [6.45, 7) is 3.83. The number of benzene rings is 1. The minimum atomic E-state index is -0.0284. The maximum absolute atomic E-state index is 12.7. The van der Waals surface area contributed by atoms with Crippen molar-refractivity contribution < 1.29 is 0 Å². The predicted octanol–water partition coefficient (Wildman–Crippen LogP) is 3.02. The summed E-state index contributed by atoms with van der Waals surface area (Å²) in [4.78, 5) is 22.8. The van der Waals surface area contributed by atoms with Crippen molar-refractivity contribution in [2.45, 2.75) is 25.8 Å². The van der Waals surface area contributed by atoms with E-state index in [1.807, 2.05) is 18.2 Å². The van der Waals surface area contributed by atoms with Crippen LogP contribution in [-0.2, 0) is 6.54 Å². The zero-order valence-corrected chi connectivity index (χ0v) is 13.6. The van der Waals surface area contributed by atoms with Crippen LogP contribution in [0.1, 0.15) is 19.3 Å². The number of hydrogen-bond acceptors (Lipinski definition) is 3. The molecule has 5 nitrogen and oxygen atoms in total. The van der Waals surface area contributed by atoms with E-state index >= 15 is 0 Å². The van der Waals surface area contributed by atoms with E-state index in [1.54, 1.807) is 10.9 Å². The number of likely N-dealkylation sites (tertiary alicyclic amines) is 1. The monoisotopic (exact) mass is 330 g/mol. The molecule has 1 saturated heterocycles. The molecule has 1 aliphatic rings. The zero-order chi connectivity index (χ0) is 15.8. The maximum atomic E-state index is 12.7. The van der Waals surface area contributed by atoms with Crippen LogP contribution in [0, 0.1) is 0 Å². The van der Waals surface area contributed by atoms with Gasteiger partial charge in [-0.25, -0.2) is 4.98 Å². The molecule has 1 aliphatic heterocycles. The molecule has 3 heterocycles. The molecule has 6 heteroatoms. The van der Waals surface area contributed by atoms with Crippen LogP contribution < -0.4 is 5.56 Å². The lowest BCUT2D eigenvalue weighted by Crippen LogP contribution is -2.34. The minimum Gasteiger partial charge on any atom is -0.349 e. The fourth-order valence-corrected chi connectivity index (χ4v) is 3.65. The van der Waals surface area contributed by atoms with Crippen molar-refractivity contribution in [1.29, 1.82) is 0 Å². The second kappa shape index (κ2) is 5.98. The van der Waals surface area contributed by atoms with Gasteiger partial charge in [-0.2, -0.15) is 0 Å². The highest BCUT2D eigenvalue weighted by atomic mass is 35.5. The van der Waals surface area contributed by atoms with Crippen LogP contribution in [0.15, 0.2) is 29.3 Å². The van der Waals surface area contributed by atoms with Crippen LogP contribution in [-0.4, -0.2) is 39.1 Å². The lowest BCUT2D eigenvalue weighted by atomic mass is 10.1. The Morgan fingerprint density at radius 2 is 2.00 bits per heavy atom. The molecule has 23 heavy (non-hydrogen) atoms. The number of hydrogen-bond donors (Lipinski definition) is 1. The number of rotatable bonds is 3. The van der Waals surface area contributed by atoms with E-state index < -0.39 is 0 Å². The Bertz CT molecular complexity index is 908. The summed E-state index contributed by atoms with van der Waals surface area (Å²) in [5.41, 5.74) is 2.02. The molecule has 2 aromatic heterocycles. The highest BCUT2D eigenvalue weighted by molar-refractivity contribution is 6.37. The summed E-state index contributed by atoms with van der Waals surface area (Å²) in [6, 6.07) is 5.61. The average molecular weight is 331 g/mol. The van der Waals surface area contributed by atoms with Crippen molar-refractivity contribution in [3.8, 4) is 0 Å². The molecule has 120 valence electrons. The summed E-state index contributed by atoms with van der Waals surface area (Å²) >= 11 is 6.26. The largest absolute Gasteiger partial charge is 0.349 e. The average Bonchev–Trinajstić information content (AvgIpc) is 2.96. The van der Waals surface area contributed by atoms with Crippen molar-refractivity contribution in [2.75, 3.05) is 19.6 Å². The van der Waals surface area contributed by atoms with Gasteiger partial charge in [-0.3, -0.25) is 9.36 Å². The molecule has 1 fully saturated rings. The second-order valence-electron chi connectivity index (χ2n) is 6.16. The molecule has 0 saturated carbocycles. The molecule has 0 unspecified atom stereocenters. The van der Waals surface area contributed by atoms with Crippen LogP contribution >= 0.6 is 11.6 Å². The first-order chi connectivity index (χ1) is 11.2. The lowest BCUT2D eigenvalue weighted by molar-refractivity contribution is 0.220. The Hall–Kier alpha value is -1.85. The Labute approximate surface area is 138 Å². The molecule has 3 aromatic rings. The van der Waals surface area contributed by atoms with Gasteiger partial charge in [-0.1, -0.05) is 24.1 Å². The standard InChI is InChI=1S/C17H19ClN4O/c18-12-5-4-6-13-14(12)15-16(20-13)17(23)22(11-19-15)10-9-21-7-2-1-3-8-21/h4-6,11,20H,1-3,7-10H2. The lowest BCUT2D eigenvalue weighted by Gasteiger charge is -2.26. The zero-order valence-electron chi connectivity index (χ0n) is 12.9. The van der Waals surface area contributed by atoms with Crippen LogP contribution in [0.3, 0.4) is 0 Å². The number of fused-ring (bicyclic) bond motifs is 3. The first kappa shape index (κ1) is 14.7. The highest BCUT2D eigenvalue weighted by Gasteiger charge is 2.14. The molecule has 0 spiro atoms. The van der Waals surface area contributed by atoms with Gasteiger partial charge >= 0.3 is 0 Å². The van der Waals surface area contributed by atoms with Gasteiger partial charge in [0.25, 0.3) is 5.56 Å². The summed E-state index contributed by atoms with van der Waals surface area (Å²) in [5, 5.41) is 1.44. The summed E-state index contributed by atoms with van der Waals surface area (Å²) in [5.74, 6) is 0. The summed E-state index contributed by atoms with van der Waals surface area (Å²) in [6.07, 6.45) is 5.48. The van der Waals surface area contributed by atoms with Crippen LogP contribution in [0.25, 0.3) is 21.9 Å². The van der Waals surface area contributed by atoms with Crippen molar-refractivity contribution >= 4 is 33.5 Å². The van der Waals surface area contributed by atoms with Crippen LogP contribution in [0.4, 0.5) is 0 Å². The van der Waals surface area contributed by atoms with Crippen LogP contribution in [0.2, 0.25) is 5.02 Å². The van der Waals surface area contributed by atoms with Gasteiger partial charge < -0.3 is 9.88 Å². The molecule has 0 aliphatic carbocycles. The van der Waals surface area contributed by atoms with Crippen molar-refractivity contribution in [3.05, 3.63) is 39.9 Å². The summed E-state index contributed by atoms with van der Waals surface area (Å²) < 4.78 is 1.69. The summed E-state index contributed by atoms with van der Waals surface area (Å²) in [7, 11) is 0. The van der Waals surface area contributed by atoms with Gasteiger partial charge in [0.05, 0.1) is 11.3 Å². The van der Waals surface area contributed by atoms with Gasteiger partial charge in [0.2, 0.25) is 0 Å². The van der Waals surface area contributed by atoms with Gasteiger partial charge in [0.1, 0.15) is 11.0 Å². The van der Waals surface area contributed by atoms with E-state index in [9.17, 15) is 4.79 Å². The van der Waals surface area contributed by atoms with E-state index in [0.29, 0.717) is 22.6 Å². The maximum Gasteiger partial charge on any atom is 0.277 e. The quantitative estimate of drug-likeness (QED) is 0.803. The van der Waals surface area contributed by atoms with Crippen molar-refractivity contribution in [3.63, 3.8) is 0 Å². The SMILES string of the molecule is O=c1c2[nH]c3cccc(Cl)c3c2ncn1CCN1CCCCC1. The second-order valence-corrected chi connectivity index (χ2v) is 6.56. The molecule has 0 bridgehead atoms. The van der Waals surface area contributed by atoms with Crippen molar-refractivity contribution in [2.24, 2.45) is 0 Å².